The largest absolute Gasteiger partial charge is 0.465 e. The lowest BCUT2D eigenvalue weighted by Gasteiger charge is -2.21. The third-order valence-corrected chi connectivity index (χ3v) is 4.24. The number of ether oxygens (including phenoxy) is 1. The Bertz CT molecular complexity index is 546. The highest BCUT2D eigenvalue weighted by Crippen LogP contribution is 2.33. The maximum atomic E-state index is 11.7. The summed E-state index contributed by atoms with van der Waals surface area (Å²) in [7, 11) is 0. The first-order valence-corrected chi connectivity index (χ1v) is 7.63. The van der Waals surface area contributed by atoms with Crippen molar-refractivity contribution in [1.29, 1.82) is 0 Å². The van der Waals surface area contributed by atoms with Gasteiger partial charge in [-0.05, 0) is 41.3 Å². The highest BCUT2D eigenvalue weighted by atomic mass is 79.9. The van der Waals surface area contributed by atoms with Crippen LogP contribution >= 0.6 is 15.9 Å². The summed E-state index contributed by atoms with van der Waals surface area (Å²) in [5, 5.41) is 11.0. The van der Waals surface area contributed by atoms with Crippen molar-refractivity contribution in [2.45, 2.75) is 32.4 Å². The highest BCUT2D eigenvalue weighted by Gasteiger charge is 2.31. The second-order valence-corrected chi connectivity index (χ2v) is 5.74. The zero-order valence-corrected chi connectivity index (χ0v) is 13.3. The number of esters is 1. The lowest BCUT2D eigenvalue weighted by Crippen LogP contribution is -2.32. The van der Waals surface area contributed by atoms with Crippen LogP contribution in [-0.4, -0.2) is 35.0 Å². The van der Waals surface area contributed by atoms with Gasteiger partial charge in [0.15, 0.2) is 0 Å². The van der Waals surface area contributed by atoms with Crippen LogP contribution in [-0.2, 0) is 16.1 Å². The molecule has 6 nitrogen and oxygen atoms in total. The maximum absolute atomic E-state index is 11.7. The van der Waals surface area contributed by atoms with E-state index in [1.54, 1.807) is 13.0 Å². The lowest BCUT2D eigenvalue weighted by molar-refractivity contribution is -0.385. The predicted molar refractivity (Wildman–Crippen MR) is 80.9 cm³/mol. The molecule has 0 atom stereocenters. The molecule has 0 radical (unpaired) electrons. The molecule has 1 aliphatic carbocycles. The van der Waals surface area contributed by atoms with Gasteiger partial charge in [0.25, 0.3) is 5.69 Å². The van der Waals surface area contributed by atoms with E-state index in [2.05, 4.69) is 15.9 Å². The number of hydrogen-bond donors (Lipinski definition) is 0. The molecular formula is C14H17BrN2O4. The van der Waals surface area contributed by atoms with Gasteiger partial charge in [0.1, 0.15) is 0 Å². The third kappa shape index (κ3) is 4.25. The van der Waals surface area contributed by atoms with Gasteiger partial charge in [-0.15, -0.1) is 0 Å². The van der Waals surface area contributed by atoms with Gasteiger partial charge >= 0.3 is 5.97 Å². The first-order valence-electron chi connectivity index (χ1n) is 6.84. The van der Waals surface area contributed by atoms with Crippen molar-refractivity contribution in [2.24, 2.45) is 0 Å². The van der Waals surface area contributed by atoms with E-state index in [0.29, 0.717) is 23.7 Å². The van der Waals surface area contributed by atoms with Gasteiger partial charge in [0.2, 0.25) is 0 Å². The van der Waals surface area contributed by atoms with Gasteiger partial charge < -0.3 is 4.74 Å². The standard InChI is InChI=1S/C14H17BrN2O4/c1-2-21-13(18)9-16(11-6-7-11)8-10-4-3-5-12(14(10)15)17(19)20/h3-5,11H,2,6-9H2,1H3. The molecule has 0 saturated heterocycles. The number of benzene rings is 1. The molecule has 0 unspecified atom stereocenters. The zero-order chi connectivity index (χ0) is 15.4. The summed E-state index contributed by atoms with van der Waals surface area (Å²) in [4.78, 5) is 24.2. The van der Waals surface area contributed by atoms with Crippen LogP contribution in [0.4, 0.5) is 5.69 Å². The Labute approximate surface area is 131 Å². The van der Waals surface area contributed by atoms with E-state index in [0.717, 1.165) is 18.4 Å². The summed E-state index contributed by atoms with van der Waals surface area (Å²) >= 11 is 3.29. The Hall–Kier alpha value is -1.47. The van der Waals surface area contributed by atoms with Crippen molar-refractivity contribution in [3.63, 3.8) is 0 Å². The number of rotatable bonds is 7. The van der Waals surface area contributed by atoms with E-state index in [-0.39, 0.29) is 18.2 Å². The second-order valence-electron chi connectivity index (χ2n) is 4.95. The van der Waals surface area contributed by atoms with Crippen LogP contribution in [0.1, 0.15) is 25.3 Å². The molecular weight excluding hydrogens is 340 g/mol. The smallest absolute Gasteiger partial charge is 0.320 e. The minimum absolute atomic E-state index is 0.0411. The van der Waals surface area contributed by atoms with Crippen LogP contribution in [0, 0.1) is 10.1 Å². The first kappa shape index (κ1) is 15.9. The minimum Gasteiger partial charge on any atom is -0.465 e. The van der Waals surface area contributed by atoms with Gasteiger partial charge in [0, 0.05) is 18.7 Å². The number of halogens is 1. The summed E-state index contributed by atoms with van der Waals surface area (Å²) in [6, 6.07) is 5.31. The summed E-state index contributed by atoms with van der Waals surface area (Å²) < 4.78 is 5.46. The van der Waals surface area contributed by atoms with Crippen molar-refractivity contribution >= 4 is 27.6 Å². The van der Waals surface area contributed by atoms with Gasteiger partial charge in [-0.2, -0.15) is 0 Å². The van der Waals surface area contributed by atoms with Crippen molar-refractivity contribution in [3.8, 4) is 0 Å². The van der Waals surface area contributed by atoms with E-state index in [9.17, 15) is 14.9 Å². The van der Waals surface area contributed by atoms with E-state index in [1.807, 2.05) is 11.0 Å². The van der Waals surface area contributed by atoms with Crippen LogP contribution in [0.25, 0.3) is 0 Å². The number of nitro benzene ring substituents is 1. The van der Waals surface area contributed by atoms with E-state index >= 15 is 0 Å². The van der Waals surface area contributed by atoms with Crippen molar-refractivity contribution in [2.75, 3.05) is 13.2 Å². The van der Waals surface area contributed by atoms with Gasteiger partial charge in [-0.1, -0.05) is 12.1 Å². The monoisotopic (exact) mass is 356 g/mol. The average Bonchev–Trinajstić information content (AvgIpc) is 3.24. The summed E-state index contributed by atoms with van der Waals surface area (Å²) in [6.45, 7) is 2.84. The number of nitrogens with zero attached hydrogens (tertiary/aromatic N) is 2. The average molecular weight is 357 g/mol. The number of nitro groups is 1. The summed E-state index contributed by atoms with van der Waals surface area (Å²) in [6.07, 6.45) is 2.10. The van der Waals surface area contributed by atoms with Crippen LogP contribution < -0.4 is 0 Å². The van der Waals surface area contributed by atoms with E-state index in [4.69, 9.17) is 4.74 Å². The third-order valence-electron chi connectivity index (χ3n) is 3.33. The minimum atomic E-state index is -0.416. The van der Waals surface area contributed by atoms with Crippen LogP contribution in [0.2, 0.25) is 0 Å². The van der Waals surface area contributed by atoms with E-state index in [1.165, 1.54) is 6.07 Å². The molecule has 1 aromatic rings. The van der Waals surface area contributed by atoms with Crippen molar-refractivity contribution in [3.05, 3.63) is 38.3 Å². The van der Waals surface area contributed by atoms with Gasteiger partial charge in [-0.25, -0.2) is 0 Å². The molecule has 1 aliphatic rings. The molecule has 1 saturated carbocycles. The molecule has 0 spiro atoms. The molecule has 114 valence electrons. The predicted octanol–water partition coefficient (Wildman–Crippen LogP) is 2.88. The lowest BCUT2D eigenvalue weighted by atomic mass is 10.2. The Balaban J connectivity index is 2.12. The summed E-state index contributed by atoms with van der Waals surface area (Å²) in [5.74, 6) is -0.258. The number of carbonyl (C=O) groups is 1. The Morgan fingerprint density at radius 3 is 2.81 bits per heavy atom. The van der Waals surface area contributed by atoms with E-state index < -0.39 is 4.92 Å². The number of hydrogen-bond acceptors (Lipinski definition) is 5. The Morgan fingerprint density at radius 1 is 1.52 bits per heavy atom. The molecule has 0 bridgehead atoms. The second kappa shape index (κ2) is 7.00. The van der Waals surface area contributed by atoms with Gasteiger partial charge in [0.05, 0.1) is 22.5 Å². The fourth-order valence-corrected chi connectivity index (χ4v) is 2.71. The summed E-state index contributed by atoms with van der Waals surface area (Å²) in [5.41, 5.74) is 0.847. The van der Waals surface area contributed by atoms with Crippen LogP contribution in [0.15, 0.2) is 22.7 Å². The zero-order valence-electron chi connectivity index (χ0n) is 11.8. The maximum Gasteiger partial charge on any atom is 0.320 e. The van der Waals surface area contributed by atoms with Crippen LogP contribution in [0.5, 0.6) is 0 Å². The van der Waals surface area contributed by atoms with Crippen molar-refractivity contribution in [1.82, 2.24) is 4.90 Å². The fourth-order valence-electron chi connectivity index (χ4n) is 2.17. The normalized spacial score (nSPS) is 14.2. The molecule has 1 fully saturated rings. The molecule has 0 aromatic heterocycles. The molecule has 7 heteroatoms. The first-order chi connectivity index (χ1) is 10.0. The number of carbonyl (C=O) groups excluding carboxylic acids is 1. The SMILES string of the molecule is CCOC(=O)CN(Cc1cccc([N+](=O)[O-])c1Br)C1CC1. The quantitative estimate of drug-likeness (QED) is 0.426. The molecule has 0 N–H and O–H groups in total. The highest BCUT2D eigenvalue weighted by molar-refractivity contribution is 9.10. The molecule has 21 heavy (non-hydrogen) atoms. The molecule has 1 aromatic carbocycles. The fraction of sp³-hybridized carbons (Fsp3) is 0.500. The Kier molecular flexibility index (Phi) is 5.30. The van der Waals surface area contributed by atoms with Crippen molar-refractivity contribution < 1.29 is 14.5 Å². The topological polar surface area (TPSA) is 72.7 Å². The Morgan fingerprint density at radius 2 is 2.24 bits per heavy atom. The van der Waals surface area contributed by atoms with Gasteiger partial charge in [-0.3, -0.25) is 19.8 Å². The molecule has 2 rings (SSSR count). The molecule has 0 heterocycles. The van der Waals surface area contributed by atoms with Crippen LogP contribution in [0.3, 0.4) is 0 Å². The molecule has 0 amide bonds. The molecule has 0 aliphatic heterocycles.